The molecule has 0 heterocycles. The number of urea groups is 1. The zero-order chi connectivity index (χ0) is 16.0. The average molecular weight is 358 g/mol. The first kappa shape index (κ1) is 17.5. The molecular formula is C14H20BrN3O3. The fourth-order valence-electron chi connectivity index (χ4n) is 1.64. The number of imide groups is 1. The van der Waals surface area contributed by atoms with Crippen LogP contribution in [-0.4, -0.2) is 32.1 Å². The van der Waals surface area contributed by atoms with E-state index < -0.39 is 18.0 Å². The fraction of sp³-hybridized carbons (Fsp3) is 0.429. The van der Waals surface area contributed by atoms with Gasteiger partial charge in [-0.1, -0.05) is 22.0 Å². The molecule has 21 heavy (non-hydrogen) atoms. The van der Waals surface area contributed by atoms with E-state index >= 15 is 0 Å². The summed E-state index contributed by atoms with van der Waals surface area (Å²) >= 11 is 3.38. The van der Waals surface area contributed by atoms with Gasteiger partial charge in [0.05, 0.1) is 0 Å². The van der Waals surface area contributed by atoms with Gasteiger partial charge in [-0.25, -0.2) is 4.79 Å². The maximum Gasteiger partial charge on any atom is 0.321 e. The van der Waals surface area contributed by atoms with Gasteiger partial charge in [0.25, 0.3) is 5.91 Å². The summed E-state index contributed by atoms with van der Waals surface area (Å²) in [5.74, 6) is 0.0863. The molecule has 0 fully saturated rings. The number of amides is 3. The Morgan fingerprint density at radius 1 is 1.24 bits per heavy atom. The summed E-state index contributed by atoms with van der Waals surface area (Å²) in [6.07, 6.45) is -0.792. The summed E-state index contributed by atoms with van der Waals surface area (Å²) < 4.78 is 6.54. The van der Waals surface area contributed by atoms with E-state index in [1.807, 2.05) is 26.1 Å². The van der Waals surface area contributed by atoms with Crippen LogP contribution < -0.4 is 20.7 Å². The minimum atomic E-state index is -0.792. The molecule has 0 aromatic heterocycles. The van der Waals surface area contributed by atoms with Gasteiger partial charge in [0, 0.05) is 23.1 Å². The van der Waals surface area contributed by atoms with Crippen molar-refractivity contribution >= 4 is 27.9 Å². The summed E-state index contributed by atoms with van der Waals surface area (Å²) in [5.41, 5.74) is 0.931. The predicted octanol–water partition coefficient (Wildman–Crippen LogP) is 1.95. The van der Waals surface area contributed by atoms with Gasteiger partial charge in [-0.05, 0) is 33.0 Å². The molecule has 0 radical (unpaired) electrons. The zero-order valence-electron chi connectivity index (χ0n) is 12.5. The minimum Gasteiger partial charge on any atom is -0.480 e. The van der Waals surface area contributed by atoms with E-state index in [1.54, 1.807) is 13.0 Å². The smallest absolute Gasteiger partial charge is 0.321 e. The van der Waals surface area contributed by atoms with Crippen LogP contribution in [0.4, 0.5) is 4.79 Å². The first-order valence-electron chi connectivity index (χ1n) is 6.55. The number of benzene rings is 1. The summed E-state index contributed by atoms with van der Waals surface area (Å²) in [6.45, 7) is 3.58. The van der Waals surface area contributed by atoms with Crippen LogP contribution in [-0.2, 0) is 4.79 Å². The van der Waals surface area contributed by atoms with Crippen molar-refractivity contribution < 1.29 is 14.3 Å². The molecule has 0 spiro atoms. The topological polar surface area (TPSA) is 79.5 Å². The SMILES string of the molecule is CNC(=O)NC(=O)C(C)Oc1cc(Br)ccc1C(C)NC. The van der Waals surface area contributed by atoms with E-state index in [-0.39, 0.29) is 6.04 Å². The van der Waals surface area contributed by atoms with Gasteiger partial charge in [-0.3, -0.25) is 10.1 Å². The summed E-state index contributed by atoms with van der Waals surface area (Å²) in [4.78, 5) is 23.0. The highest BCUT2D eigenvalue weighted by molar-refractivity contribution is 9.10. The van der Waals surface area contributed by atoms with Crippen molar-refractivity contribution in [1.29, 1.82) is 0 Å². The molecule has 2 unspecified atom stereocenters. The van der Waals surface area contributed by atoms with E-state index in [9.17, 15) is 9.59 Å². The normalized spacial score (nSPS) is 13.2. The minimum absolute atomic E-state index is 0.0716. The van der Waals surface area contributed by atoms with Crippen molar-refractivity contribution in [3.63, 3.8) is 0 Å². The van der Waals surface area contributed by atoms with Crippen LogP contribution in [0.2, 0.25) is 0 Å². The number of hydrogen-bond donors (Lipinski definition) is 3. The Hall–Kier alpha value is -1.60. The first-order valence-corrected chi connectivity index (χ1v) is 7.34. The van der Waals surface area contributed by atoms with E-state index in [2.05, 4.69) is 31.9 Å². The monoisotopic (exact) mass is 357 g/mol. The van der Waals surface area contributed by atoms with Crippen molar-refractivity contribution in [3.8, 4) is 5.75 Å². The molecule has 3 N–H and O–H groups in total. The first-order chi connectivity index (χ1) is 9.88. The molecule has 116 valence electrons. The number of hydrogen-bond acceptors (Lipinski definition) is 4. The number of carbonyl (C=O) groups is 2. The van der Waals surface area contributed by atoms with E-state index in [0.717, 1.165) is 10.0 Å². The molecule has 0 bridgehead atoms. The maximum absolute atomic E-state index is 11.8. The van der Waals surface area contributed by atoms with E-state index in [1.165, 1.54) is 7.05 Å². The predicted molar refractivity (Wildman–Crippen MR) is 84.3 cm³/mol. The van der Waals surface area contributed by atoms with Crippen LogP contribution in [0.25, 0.3) is 0 Å². The molecule has 0 aliphatic rings. The lowest BCUT2D eigenvalue weighted by Gasteiger charge is -2.20. The second kappa shape index (κ2) is 7.99. The summed E-state index contributed by atoms with van der Waals surface area (Å²) in [6, 6.07) is 5.14. The van der Waals surface area contributed by atoms with Gasteiger partial charge in [-0.2, -0.15) is 0 Å². The third kappa shape index (κ3) is 5.02. The molecule has 1 aromatic rings. The Kier molecular flexibility index (Phi) is 6.64. The zero-order valence-corrected chi connectivity index (χ0v) is 14.1. The quantitative estimate of drug-likeness (QED) is 0.752. The Morgan fingerprint density at radius 2 is 1.90 bits per heavy atom. The Morgan fingerprint density at radius 3 is 2.48 bits per heavy atom. The lowest BCUT2D eigenvalue weighted by atomic mass is 10.1. The third-order valence-corrected chi connectivity index (χ3v) is 3.51. The number of ether oxygens (including phenoxy) is 1. The Balaban J connectivity index is 2.88. The van der Waals surface area contributed by atoms with Gasteiger partial charge in [0.2, 0.25) is 0 Å². The van der Waals surface area contributed by atoms with Crippen LogP contribution in [0.1, 0.15) is 25.5 Å². The van der Waals surface area contributed by atoms with Crippen LogP contribution in [0.15, 0.2) is 22.7 Å². The van der Waals surface area contributed by atoms with Crippen molar-refractivity contribution in [2.45, 2.75) is 26.0 Å². The number of carbonyl (C=O) groups excluding carboxylic acids is 2. The molecule has 6 nitrogen and oxygen atoms in total. The highest BCUT2D eigenvalue weighted by Crippen LogP contribution is 2.29. The number of halogens is 1. The summed E-state index contributed by atoms with van der Waals surface area (Å²) in [5, 5.41) is 7.63. The molecule has 0 aliphatic heterocycles. The van der Waals surface area contributed by atoms with Gasteiger partial charge >= 0.3 is 6.03 Å². The van der Waals surface area contributed by atoms with Crippen LogP contribution in [0.5, 0.6) is 5.75 Å². The lowest BCUT2D eigenvalue weighted by Crippen LogP contribution is -2.44. The van der Waals surface area contributed by atoms with E-state index in [4.69, 9.17) is 4.74 Å². The maximum atomic E-state index is 11.8. The molecule has 3 amide bonds. The Labute approximate surface area is 132 Å². The highest BCUT2D eigenvalue weighted by Gasteiger charge is 2.19. The van der Waals surface area contributed by atoms with Crippen molar-refractivity contribution in [2.75, 3.05) is 14.1 Å². The van der Waals surface area contributed by atoms with Crippen LogP contribution >= 0.6 is 15.9 Å². The van der Waals surface area contributed by atoms with Gasteiger partial charge in [0.15, 0.2) is 6.10 Å². The molecule has 7 heteroatoms. The third-order valence-electron chi connectivity index (χ3n) is 3.01. The van der Waals surface area contributed by atoms with Crippen molar-refractivity contribution in [2.24, 2.45) is 0 Å². The van der Waals surface area contributed by atoms with Crippen LogP contribution in [0, 0.1) is 0 Å². The lowest BCUT2D eigenvalue weighted by molar-refractivity contribution is -0.126. The fourth-order valence-corrected chi connectivity index (χ4v) is 1.98. The van der Waals surface area contributed by atoms with Crippen molar-refractivity contribution in [1.82, 2.24) is 16.0 Å². The van der Waals surface area contributed by atoms with E-state index in [0.29, 0.717) is 5.75 Å². The second-order valence-electron chi connectivity index (χ2n) is 4.52. The Bertz CT molecular complexity index is 522. The molecular weight excluding hydrogens is 338 g/mol. The second-order valence-corrected chi connectivity index (χ2v) is 5.44. The molecule has 0 saturated carbocycles. The molecule has 1 rings (SSSR count). The van der Waals surface area contributed by atoms with Crippen LogP contribution in [0.3, 0.4) is 0 Å². The summed E-state index contributed by atoms with van der Waals surface area (Å²) in [7, 11) is 3.29. The highest BCUT2D eigenvalue weighted by atomic mass is 79.9. The van der Waals surface area contributed by atoms with Gasteiger partial charge in [-0.15, -0.1) is 0 Å². The van der Waals surface area contributed by atoms with Gasteiger partial charge in [0.1, 0.15) is 5.75 Å². The molecule has 1 aromatic carbocycles. The molecule has 0 saturated heterocycles. The average Bonchev–Trinajstić information content (AvgIpc) is 2.46. The standard InChI is InChI=1S/C14H20BrN3O3/c1-8(16-3)11-6-5-10(15)7-12(11)21-9(2)13(19)18-14(20)17-4/h5-9,16H,1-4H3,(H2,17,18,19,20). The molecule has 0 aliphatic carbocycles. The number of nitrogens with one attached hydrogen (secondary N) is 3. The van der Waals surface area contributed by atoms with Gasteiger partial charge < -0.3 is 15.4 Å². The largest absolute Gasteiger partial charge is 0.480 e. The number of rotatable bonds is 5. The van der Waals surface area contributed by atoms with Crippen molar-refractivity contribution in [3.05, 3.63) is 28.2 Å². The molecule has 2 atom stereocenters.